The summed E-state index contributed by atoms with van der Waals surface area (Å²) in [5.41, 5.74) is 0.468. The molecule has 0 aliphatic heterocycles. The summed E-state index contributed by atoms with van der Waals surface area (Å²) in [5, 5.41) is 0. The summed E-state index contributed by atoms with van der Waals surface area (Å²) in [6, 6.07) is 0. The molecule has 0 heterocycles. The predicted molar refractivity (Wildman–Crippen MR) is 61.9 cm³/mol. The molecule has 0 saturated heterocycles. The van der Waals surface area contributed by atoms with Crippen LogP contribution in [0.5, 0.6) is 0 Å². The average molecular weight is 184 g/mol. The maximum atomic E-state index is 2.41. The third-order valence-electron chi connectivity index (χ3n) is 3.37. The highest BCUT2D eigenvalue weighted by atomic mass is 14.3. The molecule has 13 heavy (non-hydrogen) atoms. The highest BCUT2D eigenvalue weighted by Gasteiger charge is 2.27. The SMILES string of the molecule is CCC(CC(C)C)C(C)C(C)(C)C. The Bertz CT molecular complexity index is 127. The van der Waals surface area contributed by atoms with Gasteiger partial charge in [-0.05, 0) is 29.6 Å². The third-order valence-corrected chi connectivity index (χ3v) is 3.37. The Hall–Kier alpha value is 0. The van der Waals surface area contributed by atoms with Crippen LogP contribution in [0.15, 0.2) is 0 Å². The summed E-state index contributed by atoms with van der Waals surface area (Å²) in [7, 11) is 0. The second kappa shape index (κ2) is 5.02. The molecular weight excluding hydrogens is 156 g/mol. The van der Waals surface area contributed by atoms with Crippen LogP contribution >= 0.6 is 0 Å². The molecule has 80 valence electrons. The molecule has 2 atom stereocenters. The van der Waals surface area contributed by atoms with E-state index in [1.54, 1.807) is 0 Å². The van der Waals surface area contributed by atoms with Gasteiger partial charge in [0.15, 0.2) is 0 Å². The Morgan fingerprint density at radius 3 is 1.69 bits per heavy atom. The van der Waals surface area contributed by atoms with Crippen molar-refractivity contribution in [2.75, 3.05) is 0 Å². The summed E-state index contributed by atoms with van der Waals surface area (Å²) >= 11 is 0. The van der Waals surface area contributed by atoms with Gasteiger partial charge in [0.25, 0.3) is 0 Å². The van der Waals surface area contributed by atoms with Crippen LogP contribution in [-0.2, 0) is 0 Å². The lowest BCUT2D eigenvalue weighted by molar-refractivity contribution is 0.152. The van der Waals surface area contributed by atoms with Gasteiger partial charge in [0, 0.05) is 0 Å². The molecule has 0 aliphatic rings. The Morgan fingerprint density at radius 1 is 1.00 bits per heavy atom. The van der Waals surface area contributed by atoms with Crippen molar-refractivity contribution in [1.29, 1.82) is 0 Å². The first-order chi connectivity index (χ1) is 5.79. The van der Waals surface area contributed by atoms with Crippen LogP contribution in [0.4, 0.5) is 0 Å². The van der Waals surface area contributed by atoms with Crippen molar-refractivity contribution in [2.24, 2.45) is 23.2 Å². The summed E-state index contributed by atoms with van der Waals surface area (Å²) in [4.78, 5) is 0. The Balaban J connectivity index is 4.23. The fourth-order valence-electron chi connectivity index (χ4n) is 2.04. The van der Waals surface area contributed by atoms with Crippen molar-refractivity contribution in [1.82, 2.24) is 0 Å². The second-order valence-corrected chi connectivity index (χ2v) is 5.95. The van der Waals surface area contributed by atoms with Crippen LogP contribution in [-0.4, -0.2) is 0 Å². The van der Waals surface area contributed by atoms with Crippen molar-refractivity contribution in [3.8, 4) is 0 Å². The molecule has 0 N–H and O–H groups in total. The second-order valence-electron chi connectivity index (χ2n) is 5.95. The van der Waals surface area contributed by atoms with E-state index >= 15 is 0 Å². The van der Waals surface area contributed by atoms with Gasteiger partial charge in [-0.3, -0.25) is 0 Å². The molecule has 0 aromatic carbocycles. The van der Waals surface area contributed by atoms with Gasteiger partial charge in [0.2, 0.25) is 0 Å². The molecule has 0 aromatic heterocycles. The summed E-state index contributed by atoms with van der Waals surface area (Å²) in [6.45, 7) is 16.5. The molecule has 0 nitrogen and oxygen atoms in total. The zero-order chi connectivity index (χ0) is 10.6. The zero-order valence-corrected chi connectivity index (χ0v) is 10.6. The first-order valence-corrected chi connectivity index (χ1v) is 5.79. The molecule has 2 unspecified atom stereocenters. The molecule has 0 heteroatoms. The molecular formula is C13H28. The van der Waals surface area contributed by atoms with E-state index in [9.17, 15) is 0 Å². The first kappa shape index (κ1) is 13.0. The highest BCUT2D eigenvalue weighted by Crippen LogP contribution is 2.36. The molecule has 0 bridgehead atoms. The lowest BCUT2D eigenvalue weighted by atomic mass is 9.71. The Labute approximate surface area is 85.1 Å². The van der Waals surface area contributed by atoms with E-state index in [0.29, 0.717) is 5.41 Å². The fourth-order valence-corrected chi connectivity index (χ4v) is 2.04. The van der Waals surface area contributed by atoms with Gasteiger partial charge in [-0.15, -0.1) is 0 Å². The quantitative estimate of drug-likeness (QED) is 0.592. The highest BCUT2D eigenvalue weighted by molar-refractivity contribution is 4.77. The first-order valence-electron chi connectivity index (χ1n) is 5.79. The largest absolute Gasteiger partial charge is 0.0651 e. The van der Waals surface area contributed by atoms with E-state index in [4.69, 9.17) is 0 Å². The van der Waals surface area contributed by atoms with Crippen molar-refractivity contribution in [2.45, 2.75) is 61.3 Å². The van der Waals surface area contributed by atoms with Gasteiger partial charge in [-0.2, -0.15) is 0 Å². The van der Waals surface area contributed by atoms with Gasteiger partial charge in [0.05, 0.1) is 0 Å². The molecule has 0 rings (SSSR count). The monoisotopic (exact) mass is 184 g/mol. The van der Waals surface area contributed by atoms with Crippen LogP contribution in [0, 0.1) is 23.2 Å². The predicted octanol–water partition coefficient (Wildman–Crippen LogP) is 4.74. The van der Waals surface area contributed by atoms with Crippen LogP contribution in [0.25, 0.3) is 0 Å². The minimum Gasteiger partial charge on any atom is -0.0651 e. The minimum atomic E-state index is 0.468. The van der Waals surface area contributed by atoms with E-state index in [1.165, 1.54) is 12.8 Å². The van der Waals surface area contributed by atoms with Gasteiger partial charge < -0.3 is 0 Å². The maximum absolute atomic E-state index is 2.41. The van der Waals surface area contributed by atoms with Crippen molar-refractivity contribution >= 4 is 0 Å². The normalized spacial score (nSPS) is 17.5. The van der Waals surface area contributed by atoms with E-state index in [-0.39, 0.29) is 0 Å². The summed E-state index contributed by atoms with van der Waals surface area (Å²) in [6.07, 6.45) is 2.71. The van der Waals surface area contributed by atoms with Crippen LogP contribution in [0.3, 0.4) is 0 Å². The molecule has 0 aliphatic carbocycles. The summed E-state index contributed by atoms with van der Waals surface area (Å²) < 4.78 is 0. The number of rotatable bonds is 4. The van der Waals surface area contributed by atoms with E-state index in [0.717, 1.165) is 17.8 Å². The standard InChI is InChI=1S/C13H28/c1-8-12(9-10(2)3)11(4)13(5,6)7/h10-12H,8-9H2,1-7H3. The molecule has 0 radical (unpaired) electrons. The van der Waals surface area contributed by atoms with E-state index in [1.807, 2.05) is 0 Å². The average Bonchev–Trinajstić information content (AvgIpc) is 1.96. The topological polar surface area (TPSA) is 0 Å². The van der Waals surface area contributed by atoms with E-state index in [2.05, 4.69) is 48.5 Å². The van der Waals surface area contributed by atoms with Gasteiger partial charge >= 0.3 is 0 Å². The van der Waals surface area contributed by atoms with E-state index < -0.39 is 0 Å². The lowest BCUT2D eigenvalue weighted by Crippen LogP contribution is -2.26. The smallest absolute Gasteiger partial charge is 0.0354 e. The van der Waals surface area contributed by atoms with Gasteiger partial charge in [0.1, 0.15) is 0 Å². The number of hydrogen-bond acceptors (Lipinski definition) is 0. The molecule has 0 amide bonds. The zero-order valence-electron chi connectivity index (χ0n) is 10.6. The summed E-state index contributed by atoms with van der Waals surface area (Å²) in [5.74, 6) is 2.58. The number of hydrogen-bond donors (Lipinski definition) is 0. The van der Waals surface area contributed by atoms with Crippen LogP contribution in [0.2, 0.25) is 0 Å². The fraction of sp³-hybridized carbons (Fsp3) is 1.00. The van der Waals surface area contributed by atoms with Gasteiger partial charge in [-0.1, -0.05) is 54.9 Å². The van der Waals surface area contributed by atoms with Crippen molar-refractivity contribution in [3.63, 3.8) is 0 Å². The van der Waals surface area contributed by atoms with Crippen LogP contribution < -0.4 is 0 Å². The van der Waals surface area contributed by atoms with Crippen molar-refractivity contribution < 1.29 is 0 Å². The molecule has 0 fully saturated rings. The minimum absolute atomic E-state index is 0.468. The van der Waals surface area contributed by atoms with Gasteiger partial charge in [-0.25, -0.2) is 0 Å². The Kier molecular flexibility index (Phi) is 5.02. The molecule has 0 saturated carbocycles. The lowest BCUT2D eigenvalue weighted by Gasteiger charge is -2.35. The Morgan fingerprint density at radius 2 is 1.46 bits per heavy atom. The molecule has 0 aromatic rings. The maximum Gasteiger partial charge on any atom is -0.0354 e. The third kappa shape index (κ3) is 4.69. The van der Waals surface area contributed by atoms with Crippen LogP contribution in [0.1, 0.15) is 61.3 Å². The van der Waals surface area contributed by atoms with Crippen molar-refractivity contribution in [3.05, 3.63) is 0 Å². The molecule has 0 spiro atoms.